The Morgan fingerprint density at radius 1 is 1.48 bits per heavy atom. The lowest BCUT2D eigenvalue weighted by atomic mass is 10.2. The summed E-state index contributed by atoms with van der Waals surface area (Å²) in [4.78, 5) is 20.5. The van der Waals surface area contributed by atoms with Crippen molar-refractivity contribution in [2.24, 2.45) is 0 Å². The molecule has 0 saturated carbocycles. The summed E-state index contributed by atoms with van der Waals surface area (Å²) in [6, 6.07) is 3.80. The fourth-order valence-corrected chi connectivity index (χ4v) is 2.44. The second-order valence-corrected chi connectivity index (χ2v) is 6.11. The number of carboxylic acids is 1. The van der Waals surface area contributed by atoms with E-state index < -0.39 is 21.1 Å². The third-order valence-corrected chi connectivity index (χ3v) is 4.19. The lowest BCUT2D eigenvalue weighted by Crippen LogP contribution is -2.34. The Kier molecular flexibility index (Phi) is 5.22. The molecule has 0 aliphatic carbocycles. The van der Waals surface area contributed by atoms with E-state index >= 15 is 0 Å². The van der Waals surface area contributed by atoms with Crippen molar-refractivity contribution in [2.45, 2.75) is 13.3 Å². The fraction of sp³-hybridized carbons (Fsp3) is 0.364. The highest BCUT2D eigenvalue weighted by Crippen LogP contribution is 2.22. The molecule has 2 N–H and O–H groups in total. The van der Waals surface area contributed by atoms with Crippen LogP contribution in [0.25, 0.3) is 0 Å². The Morgan fingerprint density at radius 2 is 2.10 bits per heavy atom. The van der Waals surface area contributed by atoms with Crippen molar-refractivity contribution in [2.75, 3.05) is 18.3 Å². The molecule has 0 atom stereocenters. The lowest BCUT2D eigenvalue weighted by Gasteiger charge is -2.17. The molecule has 0 fully saturated rings. The van der Waals surface area contributed by atoms with E-state index in [1.165, 1.54) is 32.2 Å². The third-order valence-electron chi connectivity index (χ3n) is 2.69. The van der Waals surface area contributed by atoms with Gasteiger partial charge < -0.3 is 5.11 Å². The molecule has 0 saturated heterocycles. The van der Waals surface area contributed by atoms with E-state index in [2.05, 4.69) is 4.72 Å². The van der Waals surface area contributed by atoms with Crippen molar-refractivity contribution in [3.63, 3.8) is 0 Å². The normalized spacial score (nSPS) is 11.4. The van der Waals surface area contributed by atoms with Crippen LogP contribution in [-0.4, -0.2) is 42.3 Å². The summed E-state index contributed by atoms with van der Waals surface area (Å²) in [5.74, 6) is -1.11. The van der Waals surface area contributed by atoms with Crippen molar-refractivity contribution < 1.29 is 23.2 Å². The van der Waals surface area contributed by atoms with Crippen molar-refractivity contribution in [3.8, 4) is 0 Å². The maximum Gasteiger partial charge on any atom is 0.304 e. The number of benzene rings is 1. The number of rotatable bonds is 7. The van der Waals surface area contributed by atoms with Crippen molar-refractivity contribution in [3.05, 3.63) is 33.9 Å². The maximum atomic E-state index is 11.9. The van der Waals surface area contributed by atoms with Crippen molar-refractivity contribution >= 4 is 27.6 Å². The van der Waals surface area contributed by atoms with Gasteiger partial charge in [0, 0.05) is 25.2 Å². The summed E-state index contributed by atoms with van der Waals surface area (Å²) in [6.45, 7) is 1.31. The molecule has 116 valence electrons. The van der Waals surface area contributed by atoms with Crippen LogP contribution in [-0.2, 0) is 15.0 Å². The van der Waals surface area contributed by atoms with Crippen LogP contribution in [0.5, 0.6) is 0 Å². The minimum Gasteiger partial charge on any atom is -0.481 e. The van der Waals surface area contributed by atoms with Crippen LogP contribution in [0.1, 0.15) is 12.0 Å². The minimum atomic E-state index is -3.91. The molecular weight excluding hydrogens is 302 g/mol. The van der Waals surface area contributed by atoms with Crippen LogP contribution in [0.4, 0.5) is 11.4 Å². The SMILES string of the molecule is Cc1cc(NS(=O)(=O)N(C)CCC(=O)O)ccc1[N+](=O)[O-]. The second-order valence-electron chi connectivity index (χ2n) is 4.33. The number of hydrogen-bond donors (Lipinski definition) is 2. The third kappa shape index (κ3) is 4.68. The number of nitro groups is 1. The number of carboxylic acid groups (broad SMARTS) is 1. The van der Waals surface area contributed by atoms with E-state index in [-0.39, 0.29) is 24.3 Å². The van der Waals surface area contributed by atoms with Gasteiger partial charge in [0.15, 0.2) is 0 Å². The number of nitrogens with zero attached hydrogens (tertiary/aromatic N) is 2. The van der Waals surface area contributed by atoms with Gasteiger partial charge in [0.2, 0.25) is 0 Å². The number of aliphatic carboxylic acids is 1. The van der Waals surface area contributed by atoms with Gasteiger partial charge in [-0.3, -0.25) is 19.6 Å². The molecule has 21 heavy (non-hydrogen) atoms. The topological polar surface area (TPSA) is 130 Å². The quantitative estimate of drug-likeness (QED) is 0.569. The predicted molar refractivity (Wildman–Crippen MR) is 75.3 cm³/mol. The average molecular weight is 317 g/mol. The van der Waals surface area contributed by atoms with Crippen LogP contribution in [0.2, 0.25) is 0 Å². The Bertz CT molecular complexity index is 658. The summed E-state index contributed by atoms with van der Waals surface area (Å²) in [6.07, 6.45) is -0.323. The molecule has 1 aromatic carbocycles. The molecule has 0 heterocycles. The van der Waals surface area contributed by atoms with Gasteiger partial charge >= 0.3 is 16.2 Å². The molecule has 0 unspecified atom stereocenters. The molecular formula is C11H15N3O6S. The zero-order valence-electron chi connectivity index (χ0n) is 11.4. The van der Waals surface area contributed by atoms with Crippen LogP contribution in [0, 0.1) is 17.0 Å². The Morgan fingerprint density at radius 3 is 2.57 bits per heavy atom. The molecule has 0 aromatic heterocycles. The van der Waals surface area contributed by atoms with Gasteiger partial charge in [-0.15, -0.1) is 0 Å². The molecule has 0 aliphatic heterocycles. The van der Waals surface area contributed by atoms with Crippen LogP contribution in [0.15, 0.2) is 18.2 Å². The molecule has 0 bridgehead atoms. The number of carbonyl (C=O) groups is 1. The first-order valence-electron chi connectivity index (χ1n) is 5.84. The van der Waals surface area contributed by atoms with Crippen molar-refractivity contribution in [1.29, 1.82) is 0 Å². The summed E-state index contributed by atoms with van der Waals surface area (Å²) < 4.78 is 27.0. The minimum absolute atomic E-state index is 0.114. The first-order valence-corrected chi connectivity index (χ1v) is 7.28. The molecule has 0 spiro atoms. The Balaban J connectivity index is 2.86. The molecule has 0 aliphatic rings. The van der Waals surface area contributed by atoms with E-state index in [0.29, 0.717) is 5.56 Å². The summed E-state index contributed by atoms with van der Waals surface area (Å²) >= 11 is 0. The Hall–Kier alpha value is -2.20. The van der Waals surface area contributed by atoms with Gasteiger partial charge in [-0.1, -0.05) is 0 Å². The summed E-state index contributed by atoms with van der Waals surface area (Å²) in [5, 5.41) is 19.2. The number of hydrogen-bond acceptors (Lipinski definition) is 5. The van der Waals surface area contributed by atoms with Gasteiger partial charge in [-0.25, -0.2) is 0 Å². The van der Waals surface area contributed by atoms with E-state index in [0.717, 1.165) is 4.31 Å². The predicted octanol–water partition coefficient (Wildman–Crippen LogP) is 0.966. The van der Waals surface area contributed by atoms with Gasteiger partial charge in [0.1, 0.15) is 0 Å². The largest absolute Gasteiger partial charge is 0.481 e. The Labute approximate surface area is 121 Å². The van der Waals surface area contributed by atoms with E-state index in [1.807, 2.05) is 0 Å². The first-order chi connectivity index (χ1) is 9.63. The lowest BCUT2D eigenvalue weighted by molar-refractivity contribution is -0.385. The van der Waals surface area contributed by atoms with E-state index in [9.17, 15) is 23.3 Å². The van der Waals surface area contributed by atoms with Gasteiger partial charge in [-0.2, -0.15) is 12.7 Å². The smallest absolute Gasteiger partial charge is 0.304 e. The highest BCUT2D eigenvalue weighted by molar-refractivity contribution is 7.90. The van der Waals surface area contributed by atoms with Crippen LogP contribution < -0.4 is 4.72 Å². The maximum absolute atomic E-state index is 11.9. The molecule has 10 heteroatoms. The summed E-state index contributed by atoms with van der Waals surface area (Å²) in [7, 11) is -2.67. The average Bonchev–Trinajstić information content (AvgIpc) is 2.34. The van der Waals surface area contributed by atoms with Gasteiger partial charge in [0.25, 0.3) is 5.69 Å². The van der Waals surface area contributed by atoms with E-state index in [1.54, 1.807) is 0 Å². The fourth-order valence-electron chi connectivity index (χ4n) is 1.52. The first kappa shape index (κ1) is 16.9. The molecule has 0 radical (unpaired) electrons. The molecule has 0 amide bonds. The zero-order valence-corrected chi connectivity index (χ0v) is 12.3. The van der Waals surface area contributed by atoms with E-state index in [4.69, 9.17) is 5.11 Å². The zero-order chi connectivity index (χ0) is 16.2. The molecule has 1 rings (SSSR count). The van der Waals surface area contributed by atoms with Crippen molar-refractivity contribution in [1.82, 2.24) is 4.31 Å². The van der Waals surface area contributed by atoms with Crippen LogP contribution in [0.3, 0.4) is 0 Å². The second kappa shape index (κ2) is 6.50. The number of anilines is 1. The van der Waals surface area contributed by atoms with Gasteiger partial charge in [0.05, 0.1) is 17.0 Å². The van der Waals surface area contributed by atoms with Crippen LogP contribution >= 0.6 is 0 Å². The number of nitrogens with one attached hydrogen (secondary N) is 1. The molecule has 1 aromatic rings. The number of aryl methyl sites for hydroxylation is 1. The highest BCUT2D eigenvalue weighted by Gasteiger charge is 2.19. The highest BCUT2D eigenvalue weighted by atomic mass is 32.2. The molecule has 9 nitrogen and oxygen atoms in total. The van der Waals surface area contributed by atoms with Gasteiger partial charge in [-0.05, 0) is 19.1 Å². The number of nitro benzene ring substituents is 1. The standard InChI is InChI=1S/C11H15N3O6S/c1-8-7-9(3-4-10(8)14(17)18)12-21(19,20)13(2)6-5-11(15)16/h3-4,7,12H,5-6H2,1-2H3,(H,15,16). The summed E-state index contributed by atoms with van der Waals surface area (Å²) in [5.41, 5.74) is 0.367. The monoisotopic (exact) mass is 317 g/mol.